The van der Waals surface area contributed by atoms with Crippen molar-refractivity contribution in [1.29, 1.82) is 0 Å². The predicted molar refractivity (Wildman–Crippen MR) is 102 cm³/mol. The van der Waals surface area contributed by atoms with Gasteiger partial charge in [-0.05, 0) is 36.4 Å². The summed E-state index contributed by atoms with van der Waals surface area (Å²) in [6.07, 6.45) is 1.42. The summed E-state index contributed by atoms with van der Waals surface area (Å²) in [5.41, 5.74) is -0.474. The van der Waals surface area contributed by atoms with E-state index in [0.717, 1.165) is 0 Å². The van der Waals surface area contributed by atoms with Crippen molar-refractivity contribution in [2.24, 2.45) is 0 Å². The van der Waals surface area contributed by atoms with Crippen molar-refractivity contribution in [3.8, 4) is 0 Å². The molecule has 0 saturated heterocycles. The minimum atomic E-state index is -0.687. The Balaban J connectivity index is 1.85. The van der Waals surface area contributed by atoms with Crippen molar-refractivity contribution in [3.63, 3.8) is 0 Å². The van der Waals surface area contributed by atoms with Crippen LogP contribution < -0.4 is 10.9 Å². The molecule has 1 amide bonds. The number of carbonyl (C=O) groups is 1. The second-order valence-electron chi connectivity index (χ2n) is 5.81. The van der Waals surface area contributed by atoms with Crippen LogP contribution in [0.2, 0.25) is 5.02 Å². The third kappa shape index (κ3) is 4.07. The lowest BCUT2D eigenvalue weighted by Crippen LogP contribution is -2.29. The van der Waals surface area contributed by atoms with Crippen LogP contribution in [0, 0.1) is 15.9 Å². The highest BCUT2D eigenvalue weighted by molar-refractivity contribution is 6.31. The molecule has 0 saturated carbocycles. The van der Waals surface area contributed by atoms with E-state index in [4.69, 9.17) is 11.6 Å². The van der Waals surface area contributed by atoms with Gasteiger partial charge in [0.1, 0.15) is 11.4 Å². The number of nitrogens with one attached hydrogen (secondary N) is 1. The van der Waals surface area contributed by atoms with Crippen molar-refractivity contribution in [3.05, 3.63) is 103 Å². The Hall–Kier alpha value is -3.52. The lowest BCUT2D eigenvalue weighted by molar-refractivity contribution is -0.384. The summed E-state index contributed by atoms with van der Waals surface area (Å²) in [5, 5.41) is 13.4. The van der Waals surface area contributed by atoms with Gasteiger partial charge in [0.25, 0.3) is 17.2 Å². The van der Waals surface area contributed by atoms with Gasteiger partial charge in [0.2, 0.25) is 0 Å². The number of halogens is 2. The lowest BCUT2D eigenvalue weighted by atomic mass is 10.2. The molecule has 2 aromatic carbocycles. The van der Waals surface area contributed by atoms with E-state index in [-0.39, 0.29) is 28.4 Å². The third-order valence-corrected chi connectivity index (χ3v) is 4.35. The van der Waals surface area contributed by atoms with Crippen molar-refractivity contribution in [2.75, 3.05) is 5.32 Å². The van der Waals surface area contributed by atoms with E-state index < -0.39 is 22.2 Å². The first-order valence-electron chi connectivity index (χ1n) is 8.05. The molecule has 9 heteroatoms. The number of pyridine rings is 1. The van der Waals surface area contributed by atoms with E-state index >= 15 is 0 Å². The van der Waals surface area contributed by atoms with Crippen LogP contribution in [0.4, 0.5) is 15.8 Å². The summed E-state index contributed by atoms with van der Waals surface area (Å²) in [7, 11) is 0. The topological polar surface area (TPSA) is 94.2 Å². The first kappa shape index (κ1) is 19.2. The summed E-state index contributed by atoms with van der Waals surface area (Å²) < 4.78 is 15.2. The van der Waals surface area contributed by atoms with Gasteiger partial charge in [-0.3, -0.25) is 19.7 Å². The number of nitrogens with zero attached hydrogens (tertiary/aromatic N) is 2. The fourth-order valence-corrected chi connectivity index (χ4v) is 2.78. The van der Waals surface area contributed by atoms with E-state index in [1.165, 1.54) is 65.4 Å². The molecule has 7 nitrogen and oxygen atoms in total. The molecule has 3 rings (SSSR count). The number of carbonyl (C=O) groups excluding carboxylic acids is 1. The maximum atomic E-state index is 14.0. The van der Waals surface area contributed by atoms with Crippen molar-refractivity contribution < 1.29 is 14.1 Å². The van der Waals surface area contributed by atoms with Crippen LogP contribution >= 0.6 is 11.6 Å². The van der Waals surface area contributed by atoms with Gasteiger partial charge in [0.15, 0.2) is 0 Å². The molecule has 0 aliphatic heterocycles. The molecule has 0 aliphatic carbocycles. The number of hydrogen-bond donors (Lipinski definition) is 1. The molecule has 0 spiro atoms. The average Bonchev–Trinajstić information content (AvgIpc) is 2.66. The third-order valence-electron chi connectivity index (χ3n) is 3.99. The zero-order valence-corrected chi connectivity index (χ0v) is 15.0. The minimum Gasteiger partial charge on any atom is -0.322 e. The van der Waals surface area contributed by atoms with E-state index in [0.29, 0.717) is 5.69 Å². The summed E-state index contributed by atoms with van der Waals surface area (Å²) in [5.74, 6) is -1.24. The predicted octanol–water partition coefficient (Wildman–Crippen LogP) is 3.85. The Labute approximate surface area is 163 Å². The van der Waals surface area contributed by atoms with E-state index in [1.807, 2.05) is 0 Å². The summed E-state index contributed by atoms with van der Waals surface area (Å²) in [4.78, 5) is 35.2. The Morgan fingerprint density at radius 3 is 2.50 bits per heavy atom. The number of benzene rings is 2. The molecule has 142 valence electrons. The first-order valence-corrected chi connectivity index (χ1v) is 8.43. The van der Waals surface area contributed by atoms with Gasteiger partial charge >= 0.3 is 0 Å². The summed E-state index contributed by atoms with van der Waals surface area (Å²) >= 11 is 5.99. The smallest absolute Gasteiger partial charge is 0.269 e. The van der Waals surface area contributed by atoms with Crippen LogP contribution in [0.5, 0.6) is 0 Å². The fraction of sp³-hybridized carbons (Fsp3) is 0.0526. The van der Waals surface area contributed by atoms with Crippen molar-refractivity contribution in [2.45, 2.75) is 6.54 Å². The van der Waals surface area contributed by atoms with E-state index in [9.17, 15) is 24.1 Å². The maximum Gasteiger partial charge on any atom is 0.269 e. The molecular weight excluding hydrogens is 389 g/mol. The quantitative estimate of drug-likeness (QED) is 0.519. The monoisotopic (exact) mass is 401 g/mol. The Morgan fingerprint density at radius 2 is 1.86 bits per heavy atom. The molecule has 28 heavy (non-hydrogen) atoms. The van der Waals surface area contributed by atoms with Gasteiger partial charge in [-0.25, -0.2) is 4.39 Å². The lowest BCUT2D eigenvalue weighted by Gasteiger charge is -2.10. The molecule has 0 fully saturated rings. The van der Waals surface area contributed by atoms with E-state index in [1.54, 1.807) is 0 Å². The zero-order valence-electron chi connectivity index (χ0n) is 14.3. The molecule has 0 radical (unpaired) electrons. The van der Waals surface area contributed by atoms with Crippen LogP contribution in [0.25, 0.3) is 0 Å². The van der Waals surface area contributed by atoms with E-state index in [2.05, 4.69) is 5.32 Å². The normalized spacial score (nSPS) is 10.5. The van der Waals surface area contributed by atoms with Crippen molar-refractivity contribution >= 4 is 28.9 Å². The second kappa shape index (κ2) is 8.01. The second-order valence-corrected chi connectivity index (χ2v) is 6.22. The molecule has 0 atom stereocenters. The van der Waals surface area contributed by atoms with Crippen LogP contribution in [-0.4, -0.2) is 15.4 Å². The first-order chi connectivity index (χ1) is 13.4. The SMILES string of the molecule is O=C(Nc1ccc([N+](=O)[O-])cc1)c1cccn(Cc2c(F)cccc2Cl)c1=O. The standard InChI is InChI=1S/C19H13ClFN3O4/c20-16-4-1-5-17(21)15(16)11-23-10-2-3-14(19(23)26)18(25)22-12-6-8-13(9-7-12)24(27)28/h1-10H,11H2,(H,22,25). The van der Waals surface area contributed by atoms with Crippen LogP contribution in [-0.2, 0) is 6.54 Å². The highest BCUT2D eigenvalue weighted by Crippen LogP contribution is 2.20. The molecule has 1 heterocycles. The Kier molecular flexibility index (Phi) is 5.51. The fourth-order valence-electron chi connectivity index (χ4n) is 2.55. The zero-order chi connectivity index (χ0) is 20.3. The van der Waals surface area contributed by atoms with Crippen LogP contribution in [0.15, 0.2) is 65.6 Å². The molecule has 1 N–H and O–H groups in total. The van der Waals surface area contributed by atoms with Gasteiger partial charge in [0.05, 0.1) is 11.5 Å². The molecule has 3 aromatic rings. The van der Waals surface area contributed by atoms with Gasteiger partial charge in [-0.1, -0.05) is 17.7 Å². The van der Waals surface area contributed by atoms with Crippen LogP contribution in [0.3, 0.4) is 0 Å². The Morgan fingerprint density at radius 1 is 1.14 bits per heavy atom. The number of hydrogen-bond acceptors (Lipinski definition) is 4. The number of anilines is 1. The number of aromatic nitrogens is 1. The molecule has 0 unspecified atom stereocenters. The minimum absolute atomic E-state index is 0.123. The highest BCUT2D eigenvalue weighted by Gasteiger charge is 2.15. The molecule has 0 aliphatic rings. The summed E-state index contributed by atoms with van der Waals surface area (Å²) in [6, 6.07) is 12.2. The highest BCUT2D eigenvalue weighted by atomic mass is 35.5. The van der Waals surface area contributed by atoms with Crippen LogP contribution in [0.1, 0.15) is 15.9 Å². The number of non-ortho nitro benzene ring substituents is 1. The number of rotatable bonds is 5. The van der Waals surface area contributed by atoms with Gasteiger partial charge in [0, 0.05) is 34.6 Å². The summed E-state index contributed by atoms with van der Waals surface area (Å²) in [6.45, 7) is -0.136. The van der Waals surface area contributed by atoms with Gasteiger partial charge in [-0.2, -0.15) is 0 Å². The maximum absolute atomic E-state index is 14.0. The number of amides is 1. The number of nitro groups is 1. The van der Waals surface area contributed by atoms with Gasteiger partial charge < -0.3 is 9.88 Å². The number of nitro benzene ring substituents is 1. The molecular formula is C19H13ClFN3O4. The average molecular weight is 402 g/mol. The largest absolute Gasteiger partial charge is 0.322 e. The Bertz CT molecular complexity index is 1090. The van der Waals surface area contributed by atoms with Crippen molar-refractivity contribution in [1.82, 2.24) is 4.57 Å². The van der Waals surface area contributed by atoms with Gasteiger partial charge in [-0.15, -0.1) is 0 Å². The molecule has 0 bridgehead atoms. The molecule has 1 aromatic heterocycles.